The van der Waals surface area contributed by atoms with Crippen LogP contribution in [-0.4, -0.2) is 40.8 Å². The Kier molecular flexibility index (Phi) is 5.12. The van der Waals surface area contributed by atoms with Crippen LogP contribution in [0.25, 0.3) is 0 Å². The molecule has 1 aliphatic rings. The minimum absolute atomic E-state index is 0.168. The highest BCUT2D eigenvalue weighted by molar-refractivity contribution is 5.85. The van der Waals surface area contributed by atoms with E-state index in [0.717, 1.165) is 18.6 Å². The van der Waals surface area contributed by atoms with Crippen LogP contribution in [-0.2, 0) is 16.0 Å². The van der Waals surface area contributed by atoms with Crippen LogP contribution in [0, 0.1) is 0 Å². The number of aliphatic carboxylic acids is 1. The molecule has 1 saturated heterocycles. The third-order valence-corrected chi connectivity index (χ3v) is 3.60. The molecular formula is C15H16F3NO4. The Hall–Kier alpha value is -2.25. The van der Waals surface area contributed by atoms with Crippen LogP contribution in [0.15, 0.2) is 24.3 Å². The number of piperidine rings is 1. The van der Waals surface area contributed by atoms with Gasteiger partial charge in [-0.1, -0.05) is 12.1 Å². The Bertz CT molecular complexity index is 588. The minimum Gasteiger partial charge on any atom is -0.480 e. The van der Waals surface area contributed by atoms with Crippen molar-refractivity contribution in [1.82, 2.24) is 4.90 Å². The van der Waals surface area contributed by atoms with Crippen LogP contribution in [0.3, 0.4) is 0 Å². The van der Waals surface area contributed by atoms with Gasteiger partial charge in [-0.05, 0) is 37.0 Å². The molecule has 0 unspecified atom stereocenters. The lowest BCUT2D eigenvalue weighted by molar-refractivity contribution is -0.274. The van der Waals surface area contributed by atoms with E-state index in [1.165, 1.54) is 17.0 Å². The van der Waals surface area contributed by atoms with Crippen molar-refractivity contribution in [1.29, 1.82) is 0 Å². The number of ether oxygens (including phenoxy) is 1. The SMILES string of the molecule is O=C(O)[C@H]1CCCCN1C(=O)Cc1cccc(OC(F)(F)F)c1. The molecule has 1 heterocycles. The van der Waals surface area contributed by atoms with E-state index in [1.807, 2.05) is 0 Å². The molecule has 0 aromatic heterocycles. The average molecular weight is 331 g/mol. The number of likely N-dealkylation sites (tertiary alicyclic amines) is 1. The molecule has 1 aliphatic heterocycles. The number of amides is 1. The fraction of sp³-hybridized carbons (Fsp3) is 0.467. The van der Waals surface area contributed by atoms with Gasteiger partial charge in [-0.2, -0.15) is 0 Å². The summed E-state index contributed by atoms with van der Waals surface area (Å²) >= 11 is 0. The molecule has 126 valence electrons. The van der Waals surface area contributed by atoms with E-state index < -0.39 is 30.0 Å². The van der Waals surface area contributed by atoms with Crippen LogP contribution in [0.2, 0.25) is 0 Å². The summed E-state index contributed by atoms with van der Waals surface area (Å²) in [4.78, 5) is 24.8. The summed E-state index contributed by atoms with van der Waals surface area (Å²) in [5, 5.41) is 9.16. The van der Waals surface area contributed by atoms with Gasteiger partial charge in [-0.15, -0.1) is 13.2 Å². The van der Waals surface area contributed by atoms with Crippen molar-refractivity contribution < 1.29 is 32.6 Å². The van der Waals surface area contributed by atoms with Crippen LogP contribution >= 0.6 is 0 Å². The van der Waals surface area contributed by atoms with E-state index in [4.69, 9.17) is 5.11 Å². The number of benzene rings is 1. The number of carbonyl (C=O) groups is 2. The molecular weight excluding hydrogens is 315 g/mol. The second kappa shape index (κ2) is 6.89. The number of alkyl halides is 3. The molecule has 1 aromatic carbocycles. The molecule has 0 bridgehead atoms. The topological polar surface area (TPSA) is 66.8 Å². The largest absolute Gasteiger partial charge is 0.573 e. The number of carboxylic acids is 1. The van der Waals surface area contributed by atoms with Crippen molar-refractivity contribution in [3.63, 3.8) is 0 Å². The zero-order valence-corrected chi connectivity index (χ0v) is 12.2. The third-order valence-electron chi connectivity index (χ3n) is 3.60. The zero-order valence-electron chi connectivity index (χ0n) is 12.2. The van der Waals surface area contributed by atoms with E-state index in [9.17, 15) is 22.8 Å². The summed E-state index contributed by atoms with van der Waals surface area (Å²) in [6.07, 6.45) is -3.14. The Morgan fingerprint density at radius 3 is 2.70 bits per heavy atom. The first kappa shape index (κ1) is 17.1. The van der Waals surface area contributed by atoms with Gasteiger partial charge in [0, 0.05) is 6.54 Å². The number of rotatable bonds is 4. The van der Waals surface area contributed by atoms with Crippen LogP contribution in [0.5, 0.6) is 5.75 Å². The molecule has 5 nitrogen and oxygen atoms in total. The molecule has 2 rings (SSSR count). The van der Waals surface area contributed by atoms with Crippen molar-refractivity contribution in [2.24, 2.45) is 0 Å². The minimum atomic E-state index is -4.80. The first-order chi connectivity index (χ1) is 10.8. The molecule has 0 saturated carbocycles. The second-order valence-corrected chi connectivity index (χ2v) is 5.31. The summed E-state index contributed by atoms with van der Waals surface area (Å²) in [5.41, 5.74) is 0.339. The number of halogens is 3. The van der Waals surface area contributed by atoms with Gasteiger partial charge in [0.1, 0.15) is 11.8 Å². The Morgan fingerprint density at radius 1 is 1.30 bits per heavy atom. The van der Waals surface area contributed by atoms with Gasteiger partial charge in [-0.25, -0.2) is 4.79 Å². The molecule has 1 fully saturated rings. The number of carboxylic acid groups (broad SMARTS) is 1. The Labute approximate surface area is 130 Å². The standard InChI is InChI=1S/C15H16F3NO4/c16-15(17,18)23-11-5-3-4-10(8-11)9-13(20)19-7-2-1-6-12(19)14(21)22/h3-5,8,12H,1-2,6-7,9H2,(H,21,22)/t12-/m1/s1. The summed E-state index contributed by atoms with van der Waals surface area (Å²) in [7, 11) is 0. The maximum atomic E-state index is 12.3. The number of hydrogen-bond acceptors (Lipinski definition) is 3. The molecule has 0 aliphatic carbocycles. The Morgan fingerprint density at radius 2 is 2.04 bits per heavy atom. The molecule has 1 N–H and O–H groups in total. The van der Waals surface area contributed by atoms with Crippen molar-refractivity contribution in [3.05, 3.63) is 29.8 Å². The number of hydrogen-bond donors (Lipinski definition) is 1. The summed E-state index contributed by atoms with van der Waals surface area (Å²) in [6, 6.07) is 4.26. The van der Waals surface area contributed by atoms with Crippen LogP contribution < -0.4 is 4.74 Å². The summed E-state index contributed by atoms with van der Waals surface area (Å²) < 4.78 is 40.4. The molecule has 0 spiro atoms. The quantitative estimate of drug-likeness (QED) is 0.921. The molecule has 0 radical (unpaired) electrons. The second-order valence-electron chi connectivity index (χ2n) is 5.31. The normalized spacial score (nSPS) is 18.6. The fourth-order valence-electron chi connectivity index (χ4n) is 2.62. The smallest absolute Gasteiger partial charge is 0.480 e. The van der Waals surface area contributed by atoms with Gasteiger partial charge in [0.2, 0.25) is 5.91 Å². The highest BCUT2D eigenvalue weighted by atomic mass is 19.4. The molecule has 23 heavy (non-hydrogen) atoms. The van der Waals surface area contributed by atoms with E-state index in [1.54, 1.807) is 0 Å². The van der Waals surface area contributed by atoms with Gasteiger partial charge in [0.25, 0.3) is 0 Å². The molecule has 1 atom stereocenters. The van der Waals surface area contributed by atoms with Crippen LogP contribution in [0.4, 0.5) is 13.2 Å². The molecule has 1 aromatic rings. The molecule has 8 heteroatoms. The maximum Gasteiger partial charge on any atom is 0.573 e. The zero-order chi connectivity index (χ0) is 17.0. The lowest BCUT2D eigenvalue weighted by Crippen LogP contribution is -2.48. The maximum absolute atomic E-state index is 12.3. The van der Waals surface area contributed by atoms with Gasteiger partial charge in [0.15, 0.2) is 0 Å². The number of carbonyl (C=O) groups excluding carboxylic acids is 1. The fourth-order valence-corrected chi connectivity index (χ4v) is 2.62. The van der Waals surface area contributed by atoms with Crippen molar-refractivity contribution in [2.75, 3.05) is 6.54 Å². The highest BCUT2D eigenvalue weighted by Gasteiger charge is 2.33. The summed E-state index contributed by atoms with van der Waals surface area (Å²) in [6.45, 7) is 0.342. The van der Waals surface area contributed by atoms with Crippen molar-refractivity contribution in [2.45, 2.75) is 38.1 Å². The van der Waals surface area contributed by atoms with Crippen molar-refractivity contribution in [3.8, 4) is 5.75 Å². The highest BCUT2D eigenvalue weighted by Crippen LogP contribution is 2.24. The lowest BCUT2D eigenvalue weighted by Gasteiger charge is -2.33. The van der Waals surface area contributed by atoms with E-state index in [0.29, 0.717) is 24.9 Å². The van der Waals surface area contributed by atoms with E-state index in [-0.39, 0.29) is 6.42 Å². The monoisotopic (exact) mass is 331 g/mol. The van der Waals surface area contributed by atoms with Crippen molar-refractivity contribution >= 4 is 11.9 Å². The Balaban J connectivity index is 2.07. The average Bonchev–Trinajstić information content (AvgIpc) is 2.45. The molecule has 1 amide bonds. The first-order valence-electron chi connectivity index (χ1n) is 7.13. The number of nitrogens with zero attached hydrogens (tertiary/aromatic N) is 1. The van der Waals surface area contributed by atoms with Gasteiger partial charge >= 0.3 is 12.3 Å². The third kappa shape index (κ3) is 4.87. The first-order valence-corrected chi connectivity index (χ1v) is 7.13. The lowest BCUT2D eigenvalue weighted by atomic mass is 10.0. The predicted molar refractivity (Wildman–Crippen MR) is 73.8 cm³/mol. The van der Waals surface area contributed by atoms with Gasteiger partial charge < -0.3 is 14.7 Å². The van der Waals surface area contributed by atoms with Gasteiger partial charge in [-0.3, -0.25) is 4.79 Å². The predicted octanol–water partition coefficient (Wildman–Crippen LogP) is 2.59. The van der Waals surface area contributed by atoms with E-state index >= 15 is 0 Å². The van der Waals surface area contributed by atoms with Gasteiger partial charge in [0.05, 0.1) is 6.42 Å². The van der Waals surface area contributed by atoms with E-state index in [2.05, 4.69) is 4.74 Å². The summed E-state index contributed by atoms with van der Waals surface area (Å²) in [5.74, 6) is -1.88. The van der Waals surface area contributed by atoms with Crippen LogP contribution in [0.1, 0.15) is 24.8 Å².